The lowest BCUT2D eigenvalue weighted by molar-refractivity contribution is 0.306. The Hall–Kier alpha value is -1.86. The van der Waals surface area contributed by atoms with Crippen molar-refractivity contribution in [1.29, 1.82) is 0 Å². The van der Waals surface area contributed by atoms with Crippen LogP contribution in [0.4, 0.5) is 8.78 Å². The molecule has 2 heterocycles. The first-order valence-corrected chi connectivity index (χ1v) is 6.90. The third-order valence-electron chi connectivity index (χ3n) is 3.59. The van der Waals surface area contributed by atoms with E-state index < -0.39 is 11.6 Å². The molecule has 1 aromatic carbocycles. The number of likely N-dealkylation sites (tertiary alicyclic amines) is 1. The van der Waals surface area contributed by atoms with Gasteiger partial charge < -0.3 is 15.2 Å². The molecule has 2 aromatic rings. The Morgan fingerprint density at radius 2 is 2.05 bits per heavy atom. The van der Waals surface area contributed by atoms with E-state index in [4.69, 9.17) is 10.3 Å². The molecule has 3 rings (SSSR count). The van der Waals surface area contributed by atoms with Crippen molar-refractivity contribution in [3.05, 3.63) is 35.7 Å². The minimum atomic E-state index is -0.738. The van der Waals surface area contributed by atoms with E-state index in [9.17, 15) is 8.78 Å². The van der Waals surface area contributed by atoms with Crippen LogP contribution >= 0.6 is 0 Å². The Balaban J connectivity index is 1.76. The molecular weight excluding hydrogens is 278 g/mol. The van der Waals surface area contributed by atoms with Crippen LogP contribution in [0.25, 0.3) is 11.5 Å². The molecular formula is C14H16F2N4O. The summed E-state index contributed by atoms with van der Waals surface area (Å²) in [5.74, 6) is -1.04. The summed E-state index contributed by atoms with van der Waals surface area (Å²) in [4.78, 5) is 6.36. The van der Waals surface area contributed by atoms with Crippen LogP contribution in [0.15, 0.2) is 22.7 Å². The van der Waals surface area contributed by atoms with Gasteiger partial charge in [-0.1, -0.05) is 5.16 Å². The normalized spacial score (nSPS) is 17.3. The van der Waals surface area contributed by atoms with Crippen molar-refractivity contribution in [2.24, 2.45) is 5.73 Å². The number of aromatic nitrogens is 2. The zero-order chi connectivity index (χ0) is 14.8. The second-order valence-electron chi connectivity index (χ2n) is 5.20. The van der Waals surface area contributed by atoms with Gasteiger partial charge in [0, 0.05) is 12.6 Å². The van der Waals surface area contributed by atoms with Gasteiger partial charge >= 0.3 is 0 Å². The molecule has 0 aliphatic carbocycles. The maximum atomic E-state index is 13.7. The first-order valence-electron chi connectivity index (χ1n) is 6.90. The second-order valence-corrected chi connectivity index (χ2v) is 5.20. The quantitative estimate of drug-likeness (QED) is 0.935. The average molecular weight is 294 g/mol. The highest BCUT2D eigenvalue weighted by Gasteiger charge is 2.21. The van der Waals surface area contributed by atoms with Gasteiger partial charge in [-0.3, -0.25) is 0 Å². The lowest BCUT2D eigenvalue weighted by Gasteiger charge is -2.17. The van der Waals surface area contributed by atoms with E-state index in [1.165, 1.54) is 18.9 Å². The molecule has 0 radical (unpaired) electrons. The molecule has 1 fully saturated rings. The zero-order valence-corrected chi connectivity index (χ0v) is 11.4. The largest absolute Gasteiger partial charge is 0.334 e. The summed E-state index contributed by atoms with van der Waals surface area (Å²) in [6.07, 6.45) is 2.34. The Morgan fingerprint density at radius 3 is 2.76 bits per heavy atom. The van der Waals surface area contributed by atoms with Gasteiger partial charge in [-0.25, -0.2) is 8.78 Å². The SMILES string of the molecule is NC(CN1CCCC1)c1noc(-c2ccc(F)cc2F)n1. The summed E-state index contributed by atoms with van der Waals surface area (Å²) in [6.45, 7) is 2.68. The third-order valence-corrected chi connectivity index (χ3v) is 3.59. The third kappa shape index (κ3) is 3.08. The second kappa shape index (κ2) is 5.87. The summed E-state index contributed by atoms with van der Waals surface area (Å²) < 4.78 is 31.6. The van der Waals surface area contributed by atoms with Gasteiger partial charge in [0.25, 0.3) is 5.89 Å². The lowest BCUT2D eigenvalue weighted by Crippen LogP contribution is -2.30. The van der Waals surface area contributed by atoms with E-state index in [2.05, 4.69) is 15.0 Å². The van der Waals surface area contributed by atoms with Crippen LogP contribution in [0.2, 0.25) is 0 Å². The van der Waals surface area contributed by atoms with E-state index in [1.807, 2.05) is 0 Å². The fraction of sp³-hybridized carbons (Fsp3) is 0.429. The van der Waals surface area contributed by atoms with Gasteiger partial charge in [0.1, 0.15) is 11.6 Å². The molecule has 7 heteroatoms. The molecule has 0 saturated carbocycles. The molecule has 1 aromatic heterocycles. The number of rotatable bonds is 4. The van der Waals surface area contributed by atoms with E-state index in [0.717, 1.165) is 25.2 Å². The van der Waals surface area contributed by atoms with Crippen LogP contribution in [-0.4, -0.2) is 34.7 Å². The average Bonchev–Trinajstić information content (AvgIpc) is 3.09. The smallest absolute Gasteiger partial charge is 0.260 e. The van der Waals surface area contributed by atoms with E-state index in [-0.39, 0.29) is 17.5 Å². The fourth-order valence-electron chi connectivity index (χ4n) is 2.48. The number of nitrogens with two attached hydrogens (primary N) is 1. The summed E-state index contributed by atoms with van der Waals surface area (Å²) in [5.41, 5.74) is 6.12. The van der Waals surface area contributed by atoms with Gasteiger partial charge in [0.05, 0.1) is 11.6 Å². The predicted octanol–water partition coefficient (Wildman–Crippen LogP) is 2.11. The standard InChI is InChI=1S/C14H16F2N4O/c15-9-3-4-10(11(16)7-9)14-18-13(19-21-14)12(17)8-20-5-1-2-6-20/h3-4,7,12H,1-2,5-6,8,17H2. The van der Waals surface area contributed by atoms with Gasteiger partial charge in [0.15, 0.2) is 5.82 Å². The molecule has 1 saturated heterocycles. The van der Waals surface area contributed by atoms with Crippen molar-refractivity contribution in [2.45, 2.75) is 18.9 Å². The maximum absolute atomic E-state index is 13.7. The molecule has 1 atom stereocenters. The van der Waals surface area contributed by atoms with Crippen LogP contribution in [-0.2, 0) is 0 Å². The van der Waals surface area contributed by atoms with E-state index in [1.54, 1.807) is 0 Å². The summed E-state index contributed by atoms with van der Waals surface area (Å²) >= 11 is 0. The minimum absolute atomic E-state index is 0.0133. The van der Waals surface area contributed by atoms with Crippen molar-refractivity contribution >= 4 is 0 Å². The number of nitrogens with zero attached hydrogens (tertiary/aromatic N) is 3. The fourth-order valence-corrected chi connectivity index (χ4v) is 2.48. The van der Waals surface area contributed by atoms with Crippen molar-refractivity contribution in [2.75, 3.05) is 19.6 Å². The van der Waals surface area contributed by atoms with E-state index >= 15 is 0 Å². The number of halogens is 2. The van der Waals surface area contributed by atoms with Crippen LogP contribution < -0.4 is 5.73 Å². The van der Waals surface area contributed by atoms with Crippen molar-refractivity contribution in [3.8, 4) is 11.5 Å². The van der Waals surface area contributed by atoms with Crippen molar-refractivity contribution < 1.29 is 13.3 Å². The van der Waals surface area contributed by atoms with Crippen LogP contribution in [0.5, 0.6) is 0 Å². The highest BCUT2D eigenvalue weighted by Crippen LogP contribution is 2.23. The Kier molecular flexibility index (Phi) is 3.94. The van der Waals surface area contributed by atoms with Gasteiger partial charge in [-0.2, -0.15) is 4.98 Å². The molecule has 0 amide bonds. The summed E-state index contributed by atoms with van der Waals surface area (Å²) in [5, 5.41) is 3.80. The van der Waals surface area contributed by atoms with E-state index in [0.29, 0.717) is 12.4 Å². The highest BCUT2D eigenvalue weighted by atomic mass is 19.1. The topological polar surface area (TPSA) is 68.2 Å². The first-order chi connectivity index (χ1) is 10.1. The lowest BCUT2D eigenvalue weighted by atomic mass is 10.2. The number of hydrogen-bond donors (Lipinski definition) is 1. The minimum Gasteiger partial charge on any atom is -0.334 e. The molecule has 1 unspecified atom stereocenters. The summed E-state index contributed by atoms with van der Waals surface area (Å²) in [6, 6.07) is 2.81. The maximum Gasteiger partial charge on any atom is 0.260 e. The molecule has 0 bridgehead atoms. The molecule has 1 aliphatic heterocycles. The molecule has 21 heavy (non-hydrogen) atoms. The first kappa shape index (κ1) is 14.1. The molecule has 2 N–H and O–H groups in total. The van der Waals surface area contributed by atoms with Crippen LogP contribution in [0.3, 0.4) is 0 Å². The molecule has 1 aliphatic rings. The highest BCUT2D eigenvalue weighted by molar-refractivity contribution is 5.53. The van der Waals surface area contributed by atoms with Crippen LogP contribution in [0.1, 0.15) is 24.7 Å². The number of hydrogen-bond acceptors (Lipinski definition) is 5. The van der Waals surface area contributed by atoms with Crippen LogP contribution in [0, 0.1) is 11.6 Å². The zero-order valence-electron chi connectivity index (χ0n) is 11.4. The van der Waals surface area contributed by atoms with Gasteiger partial charge in [-0.05, 0) is 38.1 Å². The molecule has 112 valence electrons. The predicted molar refractivity (Wildman–Crippen MR) is 72.3 cm³/mol. The van der Waals surface area contributed by atoms with Gasteiger partial charge in [0.2, 0.25) is 0 Å². The summed E-state index contributed by atoms with van der Waals surface area (Å²) in [7, 11) is 0. The monoisotopic (exact) mass is 294 g/mol. The van der Waals surface area contributed by atoms with Crippen molar-refractivity contribution in [1.82, 2.24) is 15.0 Å². The Bertz CT molecular complexity index is 625. The Morgan fingerprint density at radius 1 is 1.29 bits per heavy atom. The molecule has 5 nitrogen and oxygen atoms in total. The Labute approximate surface area is 120 Å². The van der Waals surface area contributed by atoms with Gasteiger partial charge in [-0.15, -0.1) is 0 Å². The number of benzene rings is 1. The van der Waals surface area contributed by atoms with Crippen molar-refractivity contribution in [3.63, 3.8) is 0 Å². The molecule has 0 spiro atoms.